The number of aromatic carboxylic acids is 1. The Morgan fingerprint density at radius 3 is 2.74 bits per heavy atom. The van der Waals surface area contributed by atoms with E-state index in [0.717, 1.165) is 43.7 Å². The monoisotopic (exact) mass is 639 g/mol. The molecular weight excluding hydrogens is 605 g/mol. The molecule has 1 aliphatic carbocycles. The van der Waals surface area contributed by atoms with Gasteiger partial charge in [-0.25, -0.2) is 14.2 Å². The summed E-state index contributed by atoms with van der Waals surface area (Å²) in [6.07, 6.45) is 2.75. The number of nitriles is 1. The quantitative estimate of drug-likeness (QED) is 0.281. The van der Waals surface area contributed by atoms with Crippen molar-refractivity contribution in [2.45, 2.75) is 62.7 Å². The molecule has 242 valence electrons. The minimum atomic E-state index is -1.42. The number of methoxy groups -OCH3 is 1. The number of hydrogen-bond acceptors (Lipinski definition) is 9. The number of para-hydroxylation sites is 1. The average Bonchev–Trinajstić information content (AvgIpc) is 3.56. The highest BCUT2D eigenvalue weighted by Crippen LogP contribution is 2.56. The number of hydrogen-bond donors (Lipinski definition) is 2. The topological polar surface area (TPSA) is 131 Å². The summed E-state index contributed by atoms with van der Waals surface area (Å²) in [6, 6.07) is 15.4. The van der Waals surface area contributed by atoms with Crippen LogP contribution in [-0.4, -0.2) is 64.5 Å². The third-order valence-corrected chi connectivity index (χ3v) is 10.2. The van der Waals surface area contributed by atoms with Crippen LogP contribution in [0.2, 0.25) is 0 Å². The number of imidazole rings is 1. The Labute approximate surface area is 270 Å². The van der Waals surface area contributed by atoms with E-state index < -0.39 is 23.1 Å². The van der Waals surface area contributed by atoms with E-state index in [1.54, 1.807) is 25.1 Å². The molecule has 1 aromatic heterocycles. The number of rotatable bonds is 8. The molecule has 2 unspecified atom stereocenters. The molecule has 0 spiro atoms. The fourth-order valence-electron chi connectivity index (χ4n) is 7.67. The van der Waals surface area contributed by atoms with E-state index in [-0.39, 0.29) is 28.8 Å². The molecule has 3 fully saturated rings. The average molecular weight is 640 g/mol. The predicted octanol–water partition coefficient (Wildman–Crippen LogP) is 4.65. The molecular formula is C35H34FN5O6. The summed E-state index contributed by atoms with van der Waals surface area (Å²) < 4.78 is 41.6. The highest BCUT2D eigenvalue weighted by Gasteiger charge is 2.57. The zero-order valence-electron chi connectivity index (χ0n) is 26.1. The first-order valence-electron chi connectivity index (χ1n) is 15.9. The van der Waals surface area contributed by atoms with Gasteiger partial charge in [0.1, 0.15) is 22.9 Å². The van der Waals surface area contributed by atoms with Gasteiger partial charge in [0.15, 0.2) is 11.5 Å². The van der Waals surface area contributed by atoms with Crippen LogP contribution in [0.25, 0.3) is 11.0 Å². The number of nitrogens with one attached hydrogen (secondary N) is 1. The minimum absolute atomic E-state index is 0.0160. The molecule has 47 heavy (non-hydrogen) atoms. The number of benzene rings is 3. The van der Waals surface area contributed by atoms with Crippen molar-refractivity contribution in [1.29, 1.82) is 5.26 Å². The lowest BCUT2D eigenvalue weighted by Gasteiger charge is -2.59. The molecule has 4 aromatic rings. The van der Waals surface area contributed by atoms with Crippen LogP contribution in [0.1, 0.15) is 59.1 Å². The lowest BCUT2D eigenvalue weighted by molar-refractivity contribution is -0.0807. The lowest BCUT2D eigenvalue weighted by atomic mass is 9.64. The largest absolute Gasteiger partial charge is 0.494 e. The Hall–Kier alpha value is -4.70. The van der Waals surface area contributed by atoms with Crippen molar-refractivity contribution in [1.82, 2.24) is 19.8 Å². The maximum Gasteiger partial charge on any atom is 0.335 e. The van der Waals surface area contributed by atoms with Gasteiger partial charge in [0, 0.05) is 38.2 Å². The molecule has 2 N–H and O–H groups in total. The summed E-state index contributed by atoms with van der Waals surface area (Å²) in [5.74, 6) is -0.734. The van der Waals surface area contributed by atoms with E-state index in [1.165, 1.54) is 19.2 Å². The number of piperazine rings is 1. The van der Waals surface area contributed by atoms with Crippen LogP contribution in [0, 0.1) is 17.1 Å². The van der Waals surface area contributed by atoms with Crippen molar-refractivity contribution in [3.8, 4) is 23.3 Å². The van der Waals surface area contributed by atoms with Crippen molar-refractivity contribution in [2.75, 3.05) is 26.8 Å². The minimum Gasteiger partial charge on any atom is -0.494 e. The first-order chi connectivity index (χ1) is 22.7. The number of nitrogens with zero attached hydrogens (tertiary/aromatic N) is 4. The third-order valence-electron chi connectivity index (χ3n) is 10.2. The highest BCUT2D eigenvalue weighted by molar-refractivity contribution is 5.95. The highest BCUT2D eigenvalue weighted by atomic mass is 19.1. The molecule has 4 atom stereocenters. The molecule has 3 aromatic carbocycles. The van der Waals surface area contributed by atoms with Gasteiger partial charge in [-0.3, -0.25) is 4.90 Å². The second-order valence-corrected chi connectivity index (χ2v) is 12.8. The Morgan fingerprint density at radius 2 is 2.06 bits per heavy atom. The maximum absolute atomic E-state index is 15.2. The van der Waals surface area contributed by atoms with Gasteiger partial charge in [-0.15, -0.1) is 0 Å². The second-order valence-electron chi connectivity index (χ2n) is 12.8. The summed E-state index contributed by atoms with van der Waals surface area (Å²) in [4.78, 5) is 19.5. The molecule has 8 rings (SSSR count). The number of fused-ring (bicyclic) bond motifs is 3. The normalized spacial score (nSPS) is 26.3. The van der Waals surface area contributed by atoms with Gasteiger partial charge >= 0.3 is 5.97 Å². The van der Waals surface area contributed by atoms with Crippen molar-refractivity contribution < 1.29 is 33.2 Å². The molecule has 4 heterocycles. The first kappa shape index (κ1) is 29.7. The van der Waals surface area contributed by atoms with E-state index in [9.17, 15) is 15.2 Å². The molecule has 11 nitrogen and oxygen atoms in total. The van der Waals surface area contributed by atoms with Crippen LogP contribution >= 0.6 is 0 Å². The second kappa shape index (κ2) is 10.9. The summed E-state index contributed by atoms with van der Waals surface area (Å²) in [5.41, 5.74) is 2.35. The van der Waals surface area contributed by atoms with Crippen molar-refractivity contribution in [2.24, 2.45) is 0 Å². The van der Waals surface area contributed by atoms with Gasteiger partial charge in [0.2, 0.25) is 0 Å². The maximum atomic E-state index is 15.2. The Balaban J connectivity index is 1.20. The van der Waals surface area contributed by atoms with Gasteiger partial charge in [0.05, 0.1) is 60.1 Å². The van der Waals surface area contributed by atoms with E-state index in [4.69, 9.17) is 23.9 Å². The number of ether oxygens (including phenoxy) is 4. The zero-order chi connectivity index (χ0) is 32.5. The summed E-state index contributed by atoms with van der Waals surface area (Å²) in [7, 11) is 1.52. The molecule has 0 bridgehead atoms. The van der Waals surface area contributed by atoms with Crippen molar-refractivity contribution >= 4 is 17.0 Å². The van der Waals surface area contributed by atoms with Crippen LogP contribution < -0.4 is 19.5 Å². The Morgan fingerprint density at radius 1 is 1.21 bits per heavy atom. The van der Waals surface area contributed by atoms with Crippen LogP contribution in [0.5, 0.6) is 17.2 Å². The molecule has 3 aliphatic heterocycles. The Kier molecular flexibility index (Phi) is 6.91. The lowest BCUT2D eigenvalue weighted by Crippen LogP contribution is -2.70. The van der Waals surface area contributed by atoms with E-state index in [0.29, 0.717) is 48.0 Å². The fourth-order valence-corrected chi connectivity index (χ4v) is 7.67. The molecule has 0 radical (unpaired) electrons. The third kappa shape index (κ3) is 4.56. The zero-order valence-corrected chi connectivity index (χ0v) is 26.1. The van der Waals surface area contributed by atoms with Gasteiger partial charge < -0.3 is 33.9 Å². The van der Waals surface area contributed by atoms with Crippen LogP contribution in [0.15, 0.2) is 48.5 Å². The van der Waals surface area contributed by atoms with Gasteiger partial charge in [-0.05, 0) is 55.7 Å². The SMILES string of the molecule is COc1cc(C(=O)O)cc2c1nc(CN1CCNC3CCC31c1cccc3c1O[C@](C)(c1ccc(C#N)cc1F)O3)n2C[C@@H]1CCO1. The van der Waals surface area contributed by atoms with E-state index >= 15 is 4.39 Å². The summed E-state index contributed by atoms with van der Waals surface area (Å²) in [6.45, 7) is 4.93. The van der Waals surface area contributed by atoms with Crippen LogP contribution in [-0.2, 0) is 29.2 Å². The smallest absolute Gasteiger partial charge is 0.335 e. The number of carboxylic acids is 1. The number of carbonyl (C=O) groups is 1. The van der Waals surface area contributed by atoms with Crippen molar-refractivity contribution in [3.05, 3.63) is 82.4 Å². The van der Waals surface area contributed by atoms with Gasteiger partial charge in [-0.2, -0.15) is 5.26 Å². The molecule has 1 saturated carbocycles. The number of halogens is 1. The van der Waals surface area contributed by atoms with Gasteiger partial charge in [-0.1, -0.05) is 12.1 Å². The fraction of sp³-hybridized carbons (Fsp3) is 0.400. The molecule has 12 heteroatoms. The molecule has 4 aliphatic rings. The Bertz CT molecular complexity index is 1970. The number of carboxylic acid groups (broad SMARTS) is 1. The van der Waals surface area contributed by atoms with Gasteiger partial charge in [0.25, 0.3) is 5.79 Å². The van der Waals surface area contributed by atoms with E-state index in [1.807, 2.05) is 18.2 Å². The number of aromatic nitrogens is 2. The standard InChI is InChI=1S/C35H34FN5O6/c1-34(23-7-6-20(17-37)14-25(23)36)46-27-5-3-4-24(32(27)47-34)35-10-8-29(35)38-11-12-40(35)19-30-39-31-26(41(30)18-22-9-13-45-22)15-21(33(42)43)16-28(31)44-2/h3-7,14-16,22,29,38H,8-13,18-19H2,1-2H3,(H,42,43)/t22-,29?,34+,35?/m0/s1. The van der Waals surface area contributed by atoms with Crippen LogP contribution in [0.3, 0.4) is 0 Å². The van der Waals surface area contributed by atoms with Crippen LogP contribution in [0.4, 0.5) is 4.39 Å². The van der Waals surface area contributed by atoms with Crippen molar-refractivity contribution in [3.63, 3.8) is 0 Å². The predicted molar refractivity (Wildman–Crippen MR) is 167 cm³/mol. The summed E-state index contributed by atoms with van der Waals surface area (Å²) >= 11 is 0. The van der Waals surface area contributed by atoms with E-state index in [2.05, 4.69) is 20.9 Å². The first-order valence-corrected chi connectivity index (χ1v) is 15.9. The molecule has 2 saturated heterocycles. The summed E-state index contributed by atoms with van der Waals surface area (Å²) in [5, 5.41) is 22.8. The molecule has 0 amide bonds.